The van der Waals surface area contributed by atoms with Crippen molar-refractivity contribution >= 4 is 17.5 Å². The largest absolute Gasteiger partial charge is 0.491 e. The highest BCUT2D eigenvalue weighted by Crippen LogP contribution is 2.28. The van der Waals surface area contributed by atoms with Gasteiger partial charge in [0.05, 0.1) is 19.3 Å². The van der Waals surface area contributed by atoms with Gasteiger partial charge in [0.25, 0.3) is 5.91 Å². The average Bonchev–Trinajstić information content (AvgIpc) is 3.23. The normalized spacial score (nSPS) is 19.3. The summed E-state index contributed by atoms with van der Waals surface area (Å²) in [5.41, 5.74) is 2.45. The third-order valence-corrected chi connectivity index (χ3v) is 5.84. The number of aromatic nitrogens is 2. The van der Waals surface area contributed by atoms with Crippen LogP contribution >= 0.6 is 11.6 Å². The Labute approximate surface area is 191 Å². The molecule has 2 aliphatic rings. The maximum Gasteiger partial charge on any atom is 0.272 e. The van der Waals surface area contributed by atoms with E-state index in [0.29, 0.717) is 49.4 Å². The highest BCUT2D eigenvalue weighted by molar-refractivity contribution is 6.30. The first-order valence-electron chi connectivity index (χ1n) is 10.7. The molecule has 166 valence electrons. The zero-order valence-electron chi connectivity index (χ0n) is 17.5. The van der Waals surface area contributed by atoms with Crippen molar-refractivity contribution in [2.45, 2.75) is 38.1 Å². The molecule has 1 aromatic heterocycles. The molecule has 3 heterocycles. The van der Waals surface area contributed by atoms with E-state index in [4.69, 9.17) is 25.8 Å². The van der Waals surface area contributed by atoms with Gasteiger partial charge in [0.2, 0.25) is 5.88 Å². The smallest absolute Gasteiger partial charge is 0.272 e. The number of fused-ring (bicyclic) bond motifs is 2. The number of hydrogen-bond donors (Lipinski definition) is 1. The summed E-state index contributed by atoms with van der Waals surface area (Å²) in [5, 5.41) is 8.07. The van der Waals surface area contributed by atoms with Crippen LogP contribution < -0.4 is 14.8 Å². The van der Waals surface area contributed by atoms with Gasteiger partial charge in [0.1, 0.15) is 18.5 Å². The highest BCUT2D eigenvalue weighted by Gasteiger charge is 2.26. The van der Waals surface area contributed by atoms with Crippen LogP contribution in [-0.2, 0) is 24.3 Å². The summed E-state index contributed by atoms with van der Waals surface area (Å²) in [7, 11) is 0. The number of carbonyl (C=O) groups excluding carboxylic acids is 1. The molecule has 2 atom stereocenters. The molecule has 7 nitrogen and oxygen atoms in total. The molecule has 1 unspecified atom stereocenters. The number of carbonyl (C=O) groups is 1. The third kappa shape index (κ3) is 4.74. The number of nitrogens with zero attached hydrogens (tertiary/aromatic N) is 2. The molecule has 2 aliphatic heterocycles. The lowest BCUT2D eigenvalue weighted by Crippen LogP contribution is -2.42. The Morgan fingerprint density at radius 1 is 1.22 bits per heavy atom. The fraction of sp³-hybridized carbons (Fsp3) is 0.333. The second-order valence-corrected chi connectivity index (χ2v) is 8.49. The molecule has 0 radical (unpaired) electrons. The third-order valence-electron chi connectivity index (χ3n) is 5.61. The van der Waals surface area contributed by atoms with Gasteiger partial charge in [-0.25, -0.2) is 4.68 Å². The van der Waals surface area contributed by atoms with Crippen LogP contribution in [0.5, 0.6) is 11.6 Å². The maximum atomic E-state index is 12.8. The van der Waals surface area contributed by atoms with Crippen molar-refractivity contribution in [3.63, 3.8) is 0 Å². The van der Waals surface area contributed by atoms with Gasteiger partial charge >= 0.3 is 0 Å². The fourth-order valence-electron chi connectivity index (χ4n) is 3.98. The molecular formula is C24H24ClN3O4. The Hall–Kier alpha value is -3.03. The number of ether oxygens (including phenoxy) is 3. The van der Waals surface area contributed by atoms with Crippen molar-refractivity contribution in [1.29, 1.82) is 0 Å². The summed E-state index contributed by atoms with van der Waals surface area (Å²) < 4.78 is 19.3. The van der Waals surface area contributed by atoms with Gasteiger partial charge in [0, 0.05) is 24.1 Å². The molecule has 0 spiro atoms. The SMILES string of the molecule is O=C(N[C@H]1COc2ccc(Cl)cc2C1)c1cc2n(n1)CCC(COCc1ccccc1)O2. The van der Waals surface area contributed by atoms with E-state index in [2.05, 4.69) is 10.4 Å². The molecule has 0 fully saturated rings. The topological polar surface area (TPSA) is 74.6 Å². The Kier molecular flexibility index (Phi) is 6.01. The van der Waals surface area contributed by atoms with Crippen LogP contribution in [0.3, 0.4) is 0 Å². The maximum absolute atomic E-state index is 12.8. The highest BCUT2D eigenvalue weighted by atomic mass is 35.5. The first-order valence-corrected chi connectivity index (χ1v) is 11.1. The summed E-state index contributed by atoms with van der Waals surface area (Å²) >= 11 is 6.08. The van der Waals surface area contributed by atoms with Crippen LogP contribution in [0.15, 0.2) is 54.6 Å². The Morgan fingerprint density at radius 2 is 2.09 bits per heavy atom. The van der Waals surface area contributed by atoms with Gasteiger partial charge in [-0.05, 0) is 35.7 Å². The number of benzene rings is 2. The van der Waals surface area contributed by atoms with Crippen molar-refractivity contribution in [3.8, 4) is 11.6 Å². The van der Waals surface area contributed by atoms with E-state index in [0.717, 1.165) is 23.3 Å². The van der Waals surface area contributed by atoms with Crippen LogP contribution in [0.1, 0.15) is 28.0 Å². The van der Waals surface area contributed by atoms with E-state index in [1.807, 2.05) is 42.5 Å². The number of aryl methyl sites for hydroxylation is 1. The second kappa shape index (κ2) is 9.22. The summed E-state index contributed by atoms with van der Waals surface area (Å²) in [6.45, 7) is 2.13. The minimum Gasteiger partial charge on any atom is -0.491 e. The molecule has 0 saturated heterocycles. The number of nitrogens with one attached hydrogen (secondary N) is 1. The van der Waals surface area contributed by atoms with Crippen LogP contribution in [0.4, 0.5) is 0 Å². The minimum atomic E-state index is -0.244. The molecule has 8 heteroatoms. The monoisotopic (exact) mass is 453 g/mol. The molecule has 0 bridgehead atoms. The molecule has 1 amide bonds. The lowest BCUT2D eigenvalue weighted by atomic mass is 10.0. The predicted molar refractivity (Wildman–Crippen MR) is 119 cm³/mol. The molecule has 1 N–H and O–H groups in total. The van der Waals surface area contributed by atoms with E-state index in [-0.39, 0.29) is 18.1 Å². The van der Waals surface area contributed by atoms with E-state index in [1.165, 1.54) is 0 Å². The predicted octanol–water partition coefficient (Wildman–Crippen LogP) is 3.64. The molecule has 32 heavy (non-hydrogen) atoms. The Morgan fingerprint density at radius 3 is 2.97 bits per heavy atom. The van der Waals surface area contributed by atoms with Gasteiger partial charge in [-0.15, -0.1) is 0 Å². The van der Waals surface area contributed by atoms with E-state index in [9.17, 15) is 4.79 Å². The molecule has 0 saturated carbocycles. The summed E-state index contributed by atoms with van der Waals surface area (Å²) in [4.78, 5) is 12.8. The Balaban J connectivity index is 1.15. The molecular weight excluding hydrogens is 430 g/mol. The van der Waals surface area contributed by atoms with Crippen LogP contribution in [-0.4, -0.2) is 41.0 Å². The number of hydrogen-bond acceptors (Lipinski definition) is 5. The van der Waals surface area contributed by atoms with Crippen LogP contribution in [0.25, 0.3) is 0 Å². The lowest BCUT2D eigenvalue weighted by molar-refractivity contribution is 0.0187. The van der Waals surface area contributed by atoms with Crippen molar-refractivity contribution in [2.24, 2.45) is 0 Å². The minimum absolute atomic E-state index is 0.0631. The van der Waals surface area contributed by atoms with E-state index >= 15 is 0 Å². The molecule has 2 aromatic carbocycles. The number of rotatable bonds is 6. The number of halogens is 1. The molecule has 5 rings (SSSR count). The van der Waals surface area contributed by atoms with E-state index < -0.39 is 0 Å². The van der Waals surface area contributed by atoms with E-state index in [1.54, 1.807) is 16.8 Å². The molecule has 3 aromatic rings. The summed E-state index contributed by atoms with van der Waals surface area (Å²) in [6, 6.07) is 17.1. The Bertz CT molecular complexity index is 1100. The standard InChI is InChI=1S/C24H24ClN3O4/c25-18-6-7-22-17(10-18)11-19(14-31-22)26-24(29)21-12-23-28(27-21)9-8-20(32-23)15-30-13-16-4-2-1-3-5-16/h1-7,10,12,19-20H,8-9,11,13-15H2,(H,26,29)/t19-,20?/m1/s1. The zero-order valence-corrected chi connectivity index (χ0v) is 18.3. The summed E-state index contributed by atoms with van der Waals surface area (Å²) in [5.74, 6) is 1.16. The quantitative estimate of drug-likeness (QED) is 0.616. The van der Waals surface area contributed by atoms with Crippen LogP contribution in [0, 0.1) is 0 Å². The average molecular weight is 454 g/mol. The second-order valence-electron chi connectivity index (χ2n) is 8.06. The first kappa shape index (κ1) is 20.8. The van der Waals surface area contributed by atoms with Gasteiger partial charge in [-0.2, -0.15) is 5.10 Å². The van der Waals surface area contributed by atoms with Gasteiger partial charge in [-0.1, -0.05) is 41.9 Å². The zero-order chi connectivity index (χ0) is 21.9. The van der Waals surface area contributed by atoms with Gasteiger partial charge in [-0.3, -0.25) is 4.79 Å². The van der Waals surface area contributed by atoms with Gasteiger partial charge < -0.3 is 19.5 Å². The summed E-state index contributed by atoms with van der Waals surface area (Å²) in [6.07, 6.45) is 1.37. The molecule has 0 aliphatic carbocycles. The van der Waals surface area contributed by atoms with Crippen LogP contribution in [0.2, 0.25) is 5.02 Å². The lowest BCUT2D eigenvalue weighted by Gasteiger charge is -2.26. The van der Waals surface area contributed by atoms with Crippen molar-refractivity contribution < 1.29 is 19.0 Å². The first-order chi connectivity index (χ1) is 15.6. The van der Waals surface area contributed by atoms with Crippen molar-refractivity contribution in [1.82, 2.24) is 15.1 Å². The van der Waals surface area contributed by atoms with Crippen molar-refractivity contribution in [2.75, 3.05) is 13.2 Å². The van der Waals surface area contributed by atoms with Crippen molar-refractivity contribution in [3.05, 3.63) is 76.4 Å². The fourth-order valence-corrected chi connectivity index (χ4v) is 4.17. The van der Waals surface area contributed by atoms with Gasteiger partial charge in [0.15, 0.2) is 5.69 Å². The number of amides is 1.